The maximum atomic E-state index is 13.8. The summed E-state index contributed by atoms with van der Waals surface area (Å²) in [5.41, 5.74) is 0.558. The van der Waals surface area contributed by atoms with Gasteiger partial charge in [0.1, 0.15) is 11.1 Å². The number of alkyl halides is 3. The Kier molecular flexibility index (Phi) is 7.98. The number of aliphatic hydroxyl groups is 1. The minimum atomic E-state index is -4.65. The van der Waals surface area contributed by atoms with Crippen LogP contribution >= 0.6 is 0 Å². The molecule has 0 saturated heterocycles. The van der Waals surface area contributed by atoms with Gasteiger partial charge in [-0.25, -0.2) is 4.98 Å². The van der Waals surface area contributed by atoms with Crippen molar-refractivity contribution < 1.29 is 18.3 Å². The average Bonchev–Trinajstić information content (AvgIpc) is 3.72. The third-order valence-electron chi connectivity index (χ3n) is 9.03. The summed E-state index contributed by atoms with van der Waals surface area (Å²) >= 11 is 0. The minimum Gasteiger partial charge on any atom is -0.383 e. The molecule has 2 atom stereocenters. The smallest absolute Gasteiger partial charge is 0.383 e. The highest BCUT2D eigenvalue weighted by molar-refractivity contribution is 5.56. The highest BCUT2D eigenvalue weighted by Gasteiger charge is 2.45. The van der Waals surface area contributed by atoms with Gasteiger partial charge in [0.15, 0.2) is 0 Å². The number of hydrogen-bond acceptors (Lipinski definition) is 4. The second-order valence-corrected chi connectivity index (χ2v) is 11.5. The van der Waals surface area contributed by atoms with Gasteiger partial charge in [-0.05, 0) is 54.7 Å². The fraction of sp³-hybridized carbons (Fsp3) is 0.243. The molecule has 1 fully saturated rings. The fourth-order valence-electron chi connectivity index (χ4n) is 6.92. The summed E-state index contributed by atoms with van der Waals surface area (Å²) in [7, 11) is 0. The number of aromatic nitrogens is 2. The molecule has 1 aliphatic carbocycles. The van der Waals surface area contributed by atoms with Gasteiger partial charge < -0.3 is 14.6 Å². The molecule has 45 heavy (non-hydrogen) atoms. The van der Waals surface area contributed by atoms with Gasteiger partial charge >= 0.3 is 6.18 Å². The number of halogens is 3. The topological polar surface area (TPSA) is 65.1 Å². The molecule has 228 valence electrons. The van der Waals surface area contributed by atoms with Crippen LogP contribution in [0.15, 0.2) is 122 Å². The Labute approximate surface area is 260 Å². The third-order valence-corrected chi connectivity index (χ3v) is 9.03. The van der Waals surface area contributed by atoms with Gasteiger partial charge in [0.05, 0.1) is 29.2 Å². The highest BCUT2D eigenvalue weighted by atomic mass is 19.4. The molecule has 0 amide bonds. The first-order valence-corrected chi connectivity index (χ1v) is 15.0. The lowest BCUT2D eigenvalue weighted by atomic mass is 9.76. The Morgan fingerprint density at radius 3 is 1.96 bits per heavy atom. The molecular weight excluding hydrogens is 573 g/mol. The quantitative estimate of drug-likeness (QED) is 0.183. The van der Waals surface area contributed by atoms with E-state index in [1.54, 1.807) is 18.5 Å². The van der Waals surface area contributed by atoms with Crippen LogP contribution in [0.4, 0.5) is 18.9 Å². The Morgan fingerprint density at radius 1 is 0.911 bits per heavy atom. The fourth-order valence-corrected chi connectivity index (χ4v) is 6.92. The lowest BCUT2D eigenvalue weighted by Gasteiger charge is -2.37. The monoisotopic (exact) mass is 606 g/mol. The van der Waals surface area contributed by atoms with Crippen molar-refractivity contribution in [1.29, 1.82) is 5.26 Å². The molecule has 1 aromatic heterocycles. The van der Waals surface area contributed by atoms with E-state index in [0.717, 1.165) is 22.8 Å². The number of anilines is 1. The molecule has 0 radical (unpaired) electrons. The molecule has 4 aromatic carbocycles. The first kappa shape index (κ1) is 30.2. The number of hydrogen-bond donors (Lipinski definition) is 1. The van der Waals surface area contributed by atoms with Crippen LogP contribution in [0.2, 0.25) is 0 Å². The average molecular weight is 607 g/mol. The molecule has 0 aliphatic heterocycles. The van der Waals surface area contributed by atoms with E-state index in [0.29, 0.717) is 37.2 Å². The summed E-state index contributed by atoms with van der Waals surface area (Å²) in [6.45, 7) is 2.32. The lowest BCUT2D eigenvalue weighted by molar-refractivity contribution is -0.137. The van der Waals surface area contributed by atoms with Crippen LogP contribution in [0.25, 0.3) is 0 Å². The van der Waals surface area contributed by atoms with Gasteiger partial charge in [-0.15, -0.1) is 0 Å². The van der Waals surface area contributed by atoms with Gasteiger partial charge in [-0.3, -0.25) is 0 Å². The standard InChI is InChI=1S/C37H33F3N4O/c1-2-44(31-19-18-27(24-41)33(22-31)37(38,39)40)32-20-21-35(45,23-32)34-25-43(26-42-34)36(28-12-6-3-7-13-28,29-14-8-4-9-15-29)30-16-10-5-11-17-30/h3-19,22,25-26,32,45H,2,20-21,23H2,1H3. The van der Waals surface area contributed by atoms with Crippen molar-refractivity contribution in [3.63, 3.8) is 0 Å². The van der Waals surface area contributed by atoms with Gasteiger partial charge in [0.25, 0.3) is 0 Å². The summed E-state index contributed by atoms with van der Waals surface area (Å²) in [5.74, 6) is 0. The Morgan fingerprint density at radius 2 is 1.47 bits per heavy atom. The third kappa shape index (κ3) is 5.38. The molecule has 8 heteroatoms. The van der Waals surface area contributed by atoms with E-state index in [1.807, 2.05) is 72.6 Å². The van der Waals surface area contributed by atoms with Crippen LogP contribution in [0.1, 0.15) is 59.7 Å². The van der Waals surface area contributed by atoms with Crippen LogP contribution in [-0.2, 0) is 17.3 Å². The molecule has 5 nitrogen and oxygen atoms in total. The highest BCUT2D eigenvalue weighted by Crippen LogP contribution is 2.45. The molecule has 1 N–H and O–H groups in total. The number of nitrogens with zero attached hydrogens (tertiary/aromatic N) is 4. The molecule has 6 rings (SSSR count). The largest absolute Gasteiger partial charge is 0.417 e. The molecule has 1 saturated carbocycles. The number of nitriles is 1. The van der Waals surface area contributed by atoms with Crippen molar-refractivity contribution in [3.8, 4) is 6.07 Å². The zero-order valence-corrected chi connectivity index (χ0v) is 24.8. The van der Waals surface area contributed by atoms with E-state index in [1.165, 1.54) is 6.07 Å². The van der Waals surface area contributed by atoms with Crippen LogP contribution in [-0.4, -0.2) is 27.2 Å². The minimum absolute atomic E-state index is 0.221. The molecule has 1 heterocycles. The van der Waals surface area contributed by atoms with Gasteiger partial charge in [-0.1, -0.05) is 91.0 Å². The lowest BCUT2D eigenvalue weighted by Crippen LogP contribution is -2.37. The molecule has 2 unspecified atom stereocenters. The van der Waals surface area contributed by atoms with Gasteiger partial charge in [-0.2, -0.15) is 18.4 Å². The predicted octanol–water partition coefficient (Wildman–Crippen LogP) is 7.88. The summed E-state index contributed by atoms with van der Waals surface area (Å²) < 4.78 is 43.3. The van der Waals surface area contributed by atoms with E-state index < -0.39 is 28.4 Å². The van der Waals surface area contributed by atoms with Crippen LogP contribution in [0, 0.1) is 11.3 Å². The van der Waals surface area contributed by atoms with Crippen molar-refractivity contribution in [2.24, 2.45) is 0 Å². The maximum absolute atomic E-state index is 13.8. The molecule has 0 bridgehead atoms. The zero-order valence-electron chi connectivity index (χ0n) is 24.8. The van der Waals surface area contributed by atoms with E-state index in [4.69, 9.17) is 4.98 Å². The Hall–Kier alpha value is -4.87. The summed E-state index contributed by atoms with van der Waals surface area (Å²) in [5, 5.41) is 21.3. The molecule has 0 spiro atoms. The zero-order chi connectivity index (χ0) is 31.7. The van der Waals surface area contributed by atoms with E-state index in [2.05, 4.69) is 41.0 Å². The second kappa shape index (κ2) is 11.9. The second-order valence-electron chi connectivity index (χ2n) is 11.5. The first-order valence-electron chi connectivity index (χ1n) is 15.0. The maximum Gasteiger partial charge on any atom is 0.417 e. The number of benzene rings is 4. The summed E-state index contributed by atoms with van der Waals surface area (Å²) in [4.78, 5) is 6.67. The van der Waals surface area contributed by atoms with Crippen molar-refractivity contribution in [3.05, 3.63) is 155 Å². The number of imidazole rings is 1. The van der Waals surface area contributed by atoms with Crippen LogP contribution in [0.3, 0.4) is 0 Å². The van der Waals surface area contributed by atoms with Crippen LogP contribution in [0.5, 0.6) is 0 Å². The van der Waals surface area contributed by atoms with Crippen molar-refractivity contribution in [1.82, 2.24) is 9.55 Å². The Bertz CT molecular complexity index is 1700. The predicted molar refractivity (Wildman–Crippen MR) is 168 cm³/mol. The van der Waals surface area contributed by atoms with E-state index >= 15 is 0 Å². The molecule has 5 aromatic rings. The molecule has 1 aliphatic rings. The SMILES string of the molecule is CCN(c1ccc(C#N)c(C(F)(F)F)c1)C1CCC(O)(c2cn(C(c3ccccc3)(c3ccccc3)c3ccccc3)cn2)C1. The van der Waals surface area contributed by atoms with Gasteiger partial charge in [0.2, 0.25) is 0 Å². The number of rotatable bonds is 8. The van der Waals surface area contributed by atoms with E-state index in [9.17, 15) is 23.5 Å². The van der Waals surface area contributed by atoms with Crippen molar-refractivity contribution >= 4 is 5.69 Å². The summed E-state index contributed by atoms with van der Waals surface area (Å²) in [6, 6.07) is 35.8. The van der Waals surface area contributed by atoms with Crippen LogP contribution < -0.4 is 4.90 Å². The van der Waals surface area contributed by atoms with Gasteiger partial charge in [0, 0.05) is 30.9 Å². The Balaban J connectivity index is 1.39. The molecular formula is C37H33F3N4O. The van der Waals surface area contributed by atoms with Crippen molar-refractivity contribution in [2.45, 2.75) is 49.5 Å². The first-order chi connectivity index (χ1) is 21.7. The van der Waals surface area contributed by atoms with E-state index in [-0.39, 0.29) is 6.04 Å². The van der Waals surface area contributed by atoms with Crippen molar-refractivity contribution in [2.75, 3.05) is 11.4 Å². The summed E-state index contributed by atoms with van der Waals surface area (Å²) in [6.07, 6.45) is 0.305. The normalized spacial score (nSPS) is 18.4.